The van der Waals surface area contributed by atoms with E-state index < -0.39 is 38.4 Å². The molecule has 0 unspecified atom stereocenters. The molecule has 1 atom stereocenters. The number of carbonyl (C=O) groups excluding carboxylic acids is 1. The van der Waals surface area contributed by atoms with E-state index in [0.29, 0.717) is 5.56 Å². The summed E-state index contributed by atoms with van der Waals surface area (Å²) >= 11 is 0. The second-order valence-corrected chi connectivity index (χ2v) is 6.54. The van der Waals surface area contributed by atoms with Crippen molar-refractivity contribution < 1.29 is 22.9 Å². The Morgan fingerprint density at radius 2 is 1.89 bits per heavy atom. The molecule has 0 amide bonds. The zero-order valence-corrected chi connectivity index (χ0v) is 16.3. The first kappa shape index (κ1) is 15.4. The predicted octanol–water partition coefficient (Wildman–Crippen LogP) is 3.76. The standard InChI is InChI=1S/C22H31NO3.ClH/c1-3-23(4-2)17-11-12-18-26-21(24)22(25,19-13-7-5-8-14-19)20-15-9-6-10-16-20;/h5,7-8,13-14,20,25H,3-4,6,9-10,15-18H2,1-2H3;1H/t22-;/m0./s1/i1D3,2D3;. The molecule has 27 heavy (non-hydrogen) atoms. The fourth-order valence-electron chi connectivity index (χ4n) is 3.33. The highest BCUT2D eigenvalue weighted by Gasteiger charge is 2.46. The highest BCUT2D eigenvalue weighted by molar-refractivity contribution is 5.85. The lowest BCUT2D eigenvalue weighted by molar-refractivity contribution is -0.174. The smallest absolute Gasteiger partial charge is 0.344 e. The monoisotopic (exact) mass is 399 g/mol. The minimum Gasteiger partial charge on any atom is -0.450 e. The number of hydrogen-bond donors (Lipinski definition) is 1. The third-order valence-electron chi connectivity index (χ3n) is 4.87. The summed E-state index contributed by atoms with van der Waals surface area (Å²) in [7, 11) is 0. The predicted molar refractivity (Wildman–Crippen MR) is 111 cm³/mol. The average molecular weight is 400 g/mol. The van der Waals surface area contributed by atoms with E-state index >= 15 is 0 Å². The van der Waals surface area contributed by atoms with Crippen LogP contribution in [0, 0.1) is 17.8 Å². The van der Waals surface area contributed by atoms with Gasteiger partial charge in [-0.2, -0.15) is 0 Å². The van der Waals surface area contributed by atoms with Crippen molar-refractivity contribution >= 4 is 18.4 Å². The van der Waals surface area contributed by atoms with Gasteiger partial charge in [0, 0.05) is 14.1 Å². The quantitative estimate of drug-likeness (QED) is 0.560. The normalized spacial score (nSPS) is 20.8. The molecule has 150 valence electrons. The van der Waals surface area contributed by atoms with E-state index in [-0.39, 0.29) is 31.5 Å². The zero-order valence-electron chi connectivity index (χ0n) is 21.4. The van der Waals surface area contributed by atoms with Gasteiger partial charge in [-0.25, -0.2) is 4.79 Å². The number of carbonyl (C=O) groups is 1. The largest absolute Gasteiger partial charge is 0.450 e. The Kier molecular flexibility index (Phi) is 6.85. The summed E-state index contributed by atoms with van der Waals surface area (Å²) in [6.07, 6.45) is 4.41. The van der Waals surface area contributed by atoms with E-state index in [2.05, 4.69) is 11.8 Å². The Balaban J connectivity index is 0.00000544. The zero-order chi connectivity index (χ0) is 23.8. The summed E-state index contributed by atoms with van der Waals surface area (Å²) in [5, 5.41) is 11.4. The molecule has 1 aliphatic rings. The van der Waals surface area contributed by atoms with E-state index in [1.165, 1.54) is 4.90 Å². The van der Waals surface area contributed by atoms with Gasteiger partial charge in [0.15, 0.2) is 12.2 Å². The fourth-order valence-corrected chi connectivity index (χ4v) is 3.33. The van der Waals surface area contributed by atoms with Gasteiger partial charge in [-0.3, -0.25) is 4.90 Å². The topological polar surface area (TPSA) is 49.8 Å². The summed E-state index contributed by atoms with van der Waals surface area (Å²) in [6, 6.07) is 8.76. The molecule has 0 aromatic heterocycles. The van der Waals surface area contributed by atoms with Crippen LogP contribution < -0.4 is 0 Å². The lowest BCUT2D eigenvalue weighted by Crippen LogP contribution is -2.45. The first-order valence-corrected chi connectivity index (χ1v) is 9.05. The van der Waals surface area contributed by atoms with Gasteiger partial charge in [0.25, 0.3) is 0 Å². The number of ether oxygens (including phenoxy) is 1. The lowest BCUT2D eigenvalue weighted by Gasteiger charge is -2.36. The van der Waals surface area contributed by atoms with Crippen LogP contribution >= 0.6 is 12.4 Å². The third-order valence-corrected chi connectivity index (χ3v) is 4.87. The summed E-state index contributed by atoms with van der Waals surface area (Å²) in [5.41, 5.74) is -1.26. The van der Waals surface area contributed by atoms with Crippen LogP contribution in [0.5, 0.6) is 0 Å². The lowest BCUT2D eigenvalue weighted by atomic mass is 9.73. The second kappa shape index (κ2) is 12.0. The van der Waals surface area contributed by atoms with Crippen LogP contribution in [0.25, 0.3) is 0 Å². The van der Waals surface area contributed by atoms with Crippen LogP contribution in [-0.2, 0) is 15.1 Å². The van der Waals surface area contributed by atoms with Gasteiger partial charge < -0.3 is 9.84 Å². The molecule has 0 saturated heterocycles. The maximum absolute atomic E-state index is 12.9. The number of rotatable bonds is 7. The van der Waals surface area contributed by atoms with Crippen LogP contribution in [0.3, 0.4) is 0 Å². The number of halogens is 1. The third kappa shape index (κ3) is 6.24. The molecule has 1 aliphatic carbocycles. The average Bonchev–Trinajstić information content (AvgIpc) is 2.71. The highest BCUT2D eigenvalue weighted by Crippen LogP contribution is 2.40. The molecule has 1 saturated carbocycles. The van der Waals surface area contributed by atoms with Crippen molar-refractivity contribution in [2.45, 2.75) is 51.4 Å². The first-order valence-electron chi connectivity index (χ1n) is 12.0. The Morgan fingerprint density at radius 1 is 1.22 bits per heavy atom. The first-order chi connectivity index (χ1) is 14.9. The highest BCUT2D eigenvalue weighted by atomic mass is 35.5. The molecule has 0 radical (unpaired) electrons. The van der Waals surface area contributed by atoms with Gasteiger partial charge in [0.2, 0.25) is 0 Å². The van der Waals surface area contributed by atoms with Crippen molar-refractivity contribution in [2.24, 2.45) is 5.92 Å². The number of benzene rings is 1. The van der Waals surface area contributed by atoms with Crippen LogP contribution in [0.1, 0.15) is 59.6 Å². The molecule has 4 nitrogen and oxygen atoms in total. The van der Waals surface area contributed by atoms with Crippen molar-refractivity contribution in [1.29, 1.82) is 0 Å². The van der Waals surface area contributed by atoms with Crippen molar-refractivity contribution in [3.05, 3.63) is 35.9 Å². The van der Waals surface area contributed by atoms with Gasteiger partial charge in [0.05, 0.1) is 6.54 Å². The summed E-state index contributed by atoms with van der Waals surface area (Å²) in [6.45, 7) is -5.81. The van der Waals surface area contributed by atoms with E-state index in [4.69, 9.17) is 13.0 Å². The molecule has 0 bridgehead atoms. The van der Waals surface area contributed by atoms with Gasteiger partial charge >= 0.3 is 5.97 Å². The van der Waals surface area contributed by atoms with Crippen LogP contribution in [0.4, 0.5) is 0 Å². The maximum atomic E-state index is 12.9. The molecule has 2 rings (SSSR count). The van der Waals surface area contributed by atoms with Crippen molar-refractivity contribution in [1.82, 2.24) is 4.90 Å². The Bertz CT molecular complexity index is 784. The molecule has 1 aromatic carbocycles. The number of nitrogens with zero attached hydrogens (tertiary/aromatic N) is 1. The van der Waals surface area contributed by atoms with Gasteiger partial charge in [-0.15, -0.1) is 12.4 Å². The fraction of sp³-hybridized carbons (Fsp3) is 0.591. The molecule has 1 N–H and O–H groups in total. The molecule has 0 aliphatic heterocycles. The van der Waals surface area contributed by atoms with E-state index in [1.54, 1.807) is 24.3 Å². The summed E-state index contributed by atoms with van der Waals surface area (Å²) in [5.74, 6) is 4.31. The van der Waals surface area contributed by atoms with E-state index in [9.17, 15) is 9.90 Å². The molecular weight excluding hydrogens is 362 g/mol. The van der Waals surface area contributed by atoms with Crippen molar-refractivity contribution in [3.8, 4) is 11.8 Å². The maximum Gasteiger partial charge on any atom is 0.344 e. The Hall–Kier alpha value is -1.54. The Labute approximate surface area is 178 Å². The van der Waals surface area contributed by atoms with Crippen LogP contribution in [-0.4, -0.2) is 42.2 Å². The van der Waals surface area contributed by atoms with Crippen LogP contribution in [0.2, 0.25) is 0 Å². The molecule has 0 heterocycles. The molecule has 1 fully saturated rings. The number of hydrogen-bond acceptors (Lipinski definition) is 4. The summed E-state index contributed by atoms with van der Waals surface area (Å²) in [4.78, 5) is 14.2. The SMILES string of the molecule is Cl.[2H]C([2H])([2H])CN(CC#CCOC(=O)[C@](O)(c1ccccc1)C1CCCCC1)CC([2H])([2H])[2H]. The van der Waals surface area contributed by atoms with Gasteiger partial charge in [-0.05, 0) is 31.5 Å². The van der Waals surface area contributed by atoms with E-state index in [1.807, 2.05) is 6.07 Å². The minimum absolute atomic E-state index is 0. The van der Waals surface area contributed by atoms with Gasteiger partial charge in [-0.1, -0.05) is 75.1 Å². The second-order valence-electron chi connectivity index (χ2n) is 6.54. The summed E-state index contributed by atoms with van der Waals surface area (Å²) < 4.78 is 49.4. The van der Waals surface area contributed by atoms with Crippen molar-refractivity contribution in [3.63, 3.8) is 0 Å². The number of esters is 1. The molecular formula is C22H32ClNO3. The Morgan fingerprint density at radius 3 is 2.52 bits per heavy atom. The number of aliphatic hydroxyl groups is 1. The van der Waals surface area contributed by atoms with E-state index in [0.717, 1.165) is 32.1 Å². The van der Waals surface area contributed by atoms with Crippen molar-refractivity contribution in [2.75, 3.05) is 26.2 Å². The minimum atomic E-state index is -2.31. The van der Waals surface area contributed by atoms with Gasteiger partial charge in [0.1, 0.15) is 0 Å². The molecule has 0 spiro atoms. The molecule has 1 aromatic rings. The van der Waals surface area contributed by atoms with Crippen LogP contribution in [0.15, 0.2) is 30.3 Å². The molecule has 5 heteroatoms.